The molecule has 3 nitrogen and oxygen atoms in total. The van der Waals surface area contributed by atoms with Crippen LogP contribution in [0.1, 0.15) is 30.1 Å². The lowest BCUT2D eigenvalue weighted by molar-refractivity contribution is 1.05. The number of anilines is 1. The Hall–Kier alpha value is -0.810. The first-order chi connectivity index (χ1) is 8.52. The van der Waals surface area contributed by atoms with Crippen LogP contribution in [0.3, 0.4) is 0 Å². The third-order valence-corrected chi connectivity index (χ3v) is 5.05. The number of fused-ring (bicyclic) bond motifs is 1. The lowest BCUT2D eigenvalue weighted by Gasteiger charge is -2.07. The Morgan fingerprint density at radius 3 is 2.61 bits per heavy atom. The maximum absolute atomic E-state index is 4.68. The summed E-state index contributed by atoms with van der Waals surface area (Å²) in [6, 6.07) is 0. The molecule has 0 aliphatic heterocycles. The number of nitrogens with one attached hydrogen (secondary N) is 1. The number of nitrogens with zero attached hydrogens (tertiary/aromatic N) is 2. The molecule has 0 aliphatic rings. The first kappa shape index (κ1) is 13.6. The van der Waals surface area contributed by atoms with Crippen molar-refractivity contribution in [2.45, 2.75) is 38.7 Å². The highest BCUT2D eigenvalue weighted by molar-refractivity contribution is 7.99. The van der Waals surface area contributed by atoms with E-state index in [1.54, 1.807) is 11.3 Å². The van der Waals surface area contributed by atoms with Gasteiger partial charge in [-0.05, 0) is 24.7 Å². The number of hydrogen-bond donors (Lipinski definition) is 1. The van der Waals surface area contributed by atoms with E-state index in [0.717, 1.165) is 22.2 Å². The Kier molecular flexibility index (Phi) is 4.12. The van der Waals surface area contributed by atoms with Gasteiger partial charge in [-0.1, -0.05) is 13.8 Å². The molecule has 2 aromatic rings. The van der Waals surface area contributed by atoms with Crippen LogP contribution < -0.4 is 5.32 Å². The van der Waals surface area contributed by atoms with E-state index in [4.69, 9.17) is 0 Å². The monoisotopic (exact) mass is 281 g/mol. The highest BCUT2D eigenvalue weighted by Gasteiger charge is 2.13. The van der Waals surface area contributed by atoms with E-state index in [9.17, 15) is 0 Å². The zero-order chi connectivity index (χ0) is 13.3. The molecule has 0 aliphatic carbocycles. The molecule has 0 saturated heterocycles. The van der Waals surface area contributed by atoms with Gasteiger partial charge in [0.15, 0.2) is 0 Å². The number of thioether (sulfide) groups is 1. The van der Waals surface area contributed by atoms with Crippen LogP contribution in [0.15, 0.2) is 0 Å². The first-order valence-electron chi connectivity index (χ1n) is 6.09. The quantitative estimate of drug-likeness (QED) is 0.919. The SMILES string of the molecule is CNc1nc(CSC(C)C)nc2sc(C)c(C)c12. The van der Waals surface area contributed by atoms with Gasteiger partial charge in [-0.15, -0.1) is 11.3 Å². The molecule has 0 saturated carbocycles. The number of thiophene rings is 1. The van der Waals surface area contributed by atoms with Crippen LogP contribution in [0.2, 0.25) is 0 Å². The molecule has 0 amide bonds. The predicted molar refractivity (Wildman–Crippen MR) is 82.9 cm³/mol. The van der Waals surface area contributed by atoms with Crippen LogP contribution in [0.5, 0.6) is 0 Å². The molecule has 18 heavy (non-hydrogen) atoms. The minimum atomic E-state index is 0.606. The second kappa shape index (κ2) is 5.45. The smallest absolute Gasteiger partial charge is 0.142 e. The third kappa shape index (κ3) is 2.62. The first-order valence-corrected chi connectivity index (χ1v) is 7.95. The summed E-state index contributed by atoms with van der Waals surface area (Å²) in [5.41, 5.74) is 1.29. The number of aryl methyl sites for hydroxylation is 2. The van der Waals surface area contributed by atoms with Crippen LogP contribution >= 0.6 is 23.1 Å². The van der Waals surface area contributed by atoms with E-state index < -0.39 is 0 Å². The minimum Gasteiger partial charge on any atom is -0.372 e. The van der Waals surface area contributed by atoms with E-state index in [-0.39, 0.29) is 0 Å². The van der Waals surface area contributed by atoms with Gasteiger partial charge in [-0.25, -0.2) is 9.97 Å². The Labute approximate surface area is 116 Å². The molecule has 0 bridgehead atoms. The van der Waals surface area contributed by atoms with E-state index in [1.165, 1.54) is 15.8 Å². The largest absolute Gasteiger partial charge is 0.372 e. The zero-order valence-corrected chi connectivity index (χ0v) is 13.1. The molecule has 2 heterocycles. The van der Waals surface area contributed by atoms with Crippen molar-refractivity contribution in [2.24, 2.45) is 0 Å². The molecule has 0 unspecified atom stereocenters. The van der Waals surface area contributed by atoms with Crippen molar-refractivity contribution in [3.8, 4) is 0 Å². The Morgan fingerprint density at radius 2 is 2.00 bits per heavy atom. The van der Waals surface area contributed by atoms with Gasteiger partial charge >= 0.3 is 0 Å². The van der Waals surface area contributed by atoms with E-state index >= 15 is 0 Å². The molecule has 5 heteroatoms. The van der Waals surface area contributed by atoms with Gasteiger partial charge in [0, 0.05) is 11.9 Å². The van der Waals surface area contributed by atoms with E-state index in [2.05, 4.69) is 43.0 Å². The van der Waals surface area contributed by atoms with Crippen molar-refractivity contribution in [3.63, 3.8) is 0 Å². The summed E-state index contributed by atoms with van der Waals surface area (Å²) < 4.78 is 0. The lowest BCUT2D eigenvalue weighted by Crippen LogP contribution is -2.01. The lowest BCUT2D eigenvalue weighted by atomic mass is 10.2. The second-order valence-electron chi connectivity index (χ2n) is 4.56. The molecule has 0 fully saturated rings. The van der Waals surface area contributed by atoms with Gasteiger partial charge < -0.3 is 5.32 Å². The zero-order valence-electron chi connectivity index (χ0n) is 11.5. The molecular weight excluding hydrogens is 262 g/mol. The van der Waals surface area contributed by atoms with Crippen LogP contribution in [0, 0.1) is 13.8 Å². The van der Waals surface area contributed by atoms with Gasteiger partial charge in [0.2, 0.25) is 0 Å². The molecule has 2 rings (SSSR count). The molecular formula is C13H19N3S2. The highest BCUT2D eigenvalue weighted by Crippen LogP contribution is 2.33. The molecule has 98 valence electrons. The standard InChI is InChI=1S/C13H19N3S2/c1-7(2)17-6-10-15-12(14-5)11-8(3)9(4)18-13(11)16-10/h7H,6H2,1-5H3,(H,14,15,16). The van der Waals surface area contributed by atoms with Crippen LogP contribution in [-0.4, -0.2) is 22.3 Å². The van der Waals surface area contributed by atoms with Crippen LogP contribution in [0.25, 0.3) is 10.2 Å². The summed E-state index contributed by atoms with van der Waals surface area (Å²) in [6.07, 6.45) is 0. The van der Waals surface area contributed by atoms with Gasteiger partial charge in [0.25, 0.3) is 0 Å². The average molecular weight is 281 g/mol. The van der Waals surface area contributed by atoms with Crippen molar-refractivity contribution < 1.29 is 0 Å². The minimum absolute atomic E-state index is 0.606. The summed E-state index contributed by atoms with van der Waals surface area (Å²) in [4.78, 5) is 11.7. The van der Waals surface area contributed by atoms with Crippen molar-refractivity contribution in [1.29, 1.82) is 0 Å². The fraction of sp³-hybridized carbons (Fsp3) is 0.538. The molecule has 0 atom stereocenters. The van der Waals surface area contributed by atoms with Crippen LogP contribution in [-0.2, 0) is 5.75 Å². The van der Waals surface area contributed by atoms with Gasteiger partial charge in [-0.3, -0.25) is 0 Å². The molecule has 0 aromatic carbocycles. The van der Waals surface area contributed by atoms with Gasteiger partial charge in [0.1, 0.15) is 16.5 Å². The summed E-state index contributed by atoms with van der Waals surface area (Å²) >= 11 is 3.63. The van der Waals surface area contributed by atoms with E-state index in [1.807, 2.05) is 18.8 Å². The second-order valence-corrected chi connectivity index (χ2v) is 7.33. The average Bonchev–Trinajstić information content (AvgIpc) is 2.61. The Bertz CT molecular complexity index is 561. The van der Waals surface area contributed by atoms with E-state index in [0.29, 0.717) is 5.25 Å². The Morgan fingerprint density at radius 1 is 1.28 bits per heavy atom. The number of rotatable bonds is 4. The topological polar surface area (TPSA) is 37.8 Å². The maximum atomic E-state index is 4.68. The highest BCUT2D eigenvalue weighted by atomic mass is 32.2. The molecule has 0 radical (unpaired) electrons. The summed E-state index contributed by atoms with van der Waals surface area (Å²) in [5, 5.41) is 4.98. The van der Waals surface area contributed by atoms with Crippen molar-refractivity contribution in [3.05, 3.63) is 16.3 Å². The van der Waals surface area contributed by atoms with Gasteiger partial charge in [-0.2, -0.15) is 11.8 Å². The van der Waals surface area contributed by atoms with Crippen molar-refractivity contribution in [2.75, 3.05) is 12.4 Å². The normalized spacial score (nSPS) is 11.4. The number of aromatic nitrogens is 2. The fourth-order valence-electron chi connectivity index (χ4n) is 1.78. The molecule has 2 aromatic heterocycles. The molecule has 0 spiro atoms. The molecule has 1 N–H and O–H groups in total. The summed E-state index contributed by atoms with van der Waals surface area (Å²) in [7, 11) is 1.92. The van der Waals surface area contributed by atoms with Crippen molar-refractivity contribution >= 4 is 39.1 Å². The predicted octanol–water partition coefficient (Wildman–Crippen LogP) is 3.99. The summed E-state index contributed by atoms with van der Waals surface area (Å²) in [6.45, 7) is 8.67. The van der Waals surface area contributed by atoms with Gasteiger partial charge in [0.05, 0.1) is 11.1 Å². The van der Waals surface area contributed by atoms with Crippen molar-refractivity contribution in [1.82, 2.24) is 9.97 Å². The number of hydrogen-bond acceptors (Lipinski definition) is 5. The fourth-order valence-corrected chi connectivity index (χ4v) is 3.44. The summed E-state index contributed by atoms with van der Waals surface area (Å²) in [5.74, 6) is 2.76. The third-order valence-electron chi connectivity index (χ3n) is 2.86. The Balaban J connectivity index is 2.46. The van der Waals surface area contributed by atoms with Crippen LogP contribution in [0.4, 0.5) is 5.82 Å². The maximum Gasteiger partial charge on any atom is 0.142 e.